The number of hydrogen-bond acceptors (Lipinski definition) is 3. The molecule has 0 spiro atoms. The Morgan fingerprint density at radius 2 is 2.17 bits per heavy atom. The highest BCUT2D eigenvalue weighted by Gasteiger charge is 2.32. The lowest BCUT2D eigenvalue weighted by Gasteiger charge is -2.35. The van der Waals surface area contributed by atoms with Gasteiger partial charge in [0.2, 0.25) is 0 Å². The predicted molar refractivity (Wildman–Crippen MR) is 72.9 cm³/mol. The SMILES string of the molecule is COc1cc(C(CN)C(O)C2CCC2)ccc1C. The number of aryl methyl sites for hydroxylation is 1. The lowest BCUT2D eigenvalue weighted by Crippen LogP contribution is -2.35. The minimum Gasteiger partial charge on any atom is -0.496 e. The first-order valence-corrected chi connectivity index (χ1v) is 6.70. The molecule has 0 aliphatic heterocycles. The number of ether oxygens (including phenoxy) is 1. The van der Waals surface area contributed by atoms with Crippen molar-refractivity contribution in [3.05, 3.63) is 29.3 Å². The van der Waals surface area contributed by atoms with E-state index in [1.54, 1.807) is 7.11 Å². The number of benzene rings is 1. The van der Waals surface area contributed by atoms with Gasteiger partial charge < -0.3 is 15.6 Å². The summed E-state index contributed by atoms with van der Waals surface area (Å²) in [6.07, 6.45) is 3.16. The van der Waals surface area contributed by atoms with Crippen LogP contribution in [0.1, 0.15) is 36.3 Å². The fraction of sp³-hybridized carbons (Fsp3) is 0.600. The Hall–Kier alpha value is -1.06. The van der Waals surface area contributed by atoms with Gasteiger partial charge in [-0.3, -0.25) is 0 Å². The van der Waals surface area contributed by atoms with Crippen molar-refractivity contribution in [2.45, 2.75) is 38.2 Å². The molecule has 0 bridgehead atoms. The molecule has 1 aliphatic rings. The first kappa shape index (κ1) is 13.4. The summed E-state index contributed by atoms with van der Waals surface area (Å²) < 4.78 is 5.34. The molecular formula is C15H23NO2. The molecule has 0 amide bonds. The Morgan fingerprint density at radius 3 is 2.67 bits per heavy atom. The van der Waals surface area contributed by atoms with Crippen molar-refractivity contribution < 1.29 is 9.84 Å². The van der Waals surface area contributed by atoms with Crippen LogP contribution in [0, 0.1) is 12.8 Å². The Kier molecular flexibility index (Phi) is 4.25. The molecule has 3 nitrogen and oxygen atoms in total. The van der Waals surface area contributed by atoms with Gasteiger partial charge in [-0.2, -0.15) is 0 Å². The molecule has 0 aromatic heterocycles. The van der Waals surface area contributed by atoms with E-state index in [0.29, 0.717) is 12.5 Å². The van der Waals surface area contributed by atoms with Crippen LogP contribution in [0.3, 0.4) is 0 Å². The number of aliphatic hydroxyl groups excluding tert-OH is 1. The third-order valence-corrected chi connectivity index (χ3v) is 4.16. The summed E-state index contributed by atoms with van der Waals surface area (Å²) in [5.74, 6) is 1.31. The Labute approximate surface area is 109 Å². The highest BCUT2D eigenvalue weighted by molar-refractivity contribution is 5.38. The van der Waals surface area contributed by atoms with E-state index in [1.165, 1.54) is 6.42 Å². The third-order valence-electron chi connectivity index (χ3n) is 4.16. The van der Waals surface area contributed by atoms with Crippen molar-refractivity contribution in [2.24, 2.45) is 11.7 Å². The third kappa shape index (κ3) is 2.52. The molecule has 2 unspecified atom stereocenters. The van der Waals surface area contributed by atoms with E-state index in [1.807, 2.05) is 19.1 Å². The molecule has 2 rings (SSSR count). The van der Waals surface area contributed by atoms with E-state index >= 15 is 0 Å². The average Bonchev–Trinajstić information content (AvgIpc) is 2.30. The second kappa shape index (κ2) is 5.72. The topological polar surface area (TPSA) is 55.5 Å². The summed E-state index contributed by atoms with van der Waals surface area (Å²) in [5, 5.41) is 10.4. The fourth-order valence-corrected chi connectivity index (χ4v) is 2.65. The molecule has 3 N–H and O–H groups in total. The molecular weight excluding hydrogens is 226 g/mol. The van der Waals surface area contributed by atoms with E-state index in [2.05, 4.69) is 6.07 Å². The van der Waals surface area contributed by atoms with Crippen molar-refractivity contribution >= 4 is 0 Å². The van der Waals surface area contributed by atoms with E-state index < -0.39 is 0 Å². The smallest absolute Gasteiger partial charge is 0.122 e. The van der Waals surface area contributed by atoms with Crippen LogP contribution in [0.15, 0.2) is 18.2 Å². The van der Waals surface area contributed by atoms with Crippen LogP contribution in [-0.2, 0) is 0 Å². The molecule has 1 saturated carbocycles. The van der Waals surface area contributed by atoms with E-state index in [0.717, 1.165) is 29.7 Å². The predicted octanol–water partition coefficient (Wildman–Crippen LogP) is 2.21. The number of methoxy groups -OCH3 is 1. The van der Waals surface area contributed by atoms with Crippen LogP contribution in [0.5, 0.6) is 5.75 Å². The monoisotopic (exact) mass is 249 g/mol. The molecule has 1 fully saturated rings. The zero-order valence-corrected chi connectivity index (χ0v) is 11.2. The normalized spacial score (nSPS) is 19.1. The highest BCUT2D eigenvalue weighted by Crippen LogP contribution is 2.36. The summed E-state index contributed by atoms with van der Waals surface area (Å²) in [4.78, 5) is 0. The van der Waals surface area contributed by atoms with Crippen molar-refractivity contribution in [3.8, 4) is 5.75 Å². The zero-order chi connectivity index (χ0) is 13.1. The lowest BCUT2D eigenvalue weighted by atomic mass is 9.75. The van der Waals surface area contributed by atoms with Crippen LogP contribution in [0.25, 0.3) is 0 Å². The number of aliphatic hydroxyl groups is 1. The number of rotatable bonds is 5. The summed E-state index contributed by atoms with van der Waals surface area (Å²) in [6, 6.07) is 6.09. The van der Waals surface area contributed by atoms with Gasteiger partial charge in [-0.05, 0) is 42.9 Å². The molecule has 100 valence electrons. The number of hydrogen-bond donors (Lipinski definition) is 2. The van der Waals surface area contributed by atoms with Crippen LogP contribution in [-0.4, -0.2) is 24.9 Å². The summed E-state index contributed by atoms with van der Waals surface area (Å²) in [5.41, 5.74) is 8.04. The van der Waals surface area contributed by atoms with E-state index in [4.69, 9.17) is 10.5 Å². The van der Waals surface area contributed by atoms with Crippen molar-refractivity contribution in [2.75, 3.05) is 13.7 Å². The Bertz CT molecular complexity index is 401. The molecule has 3 heteroatoms. The van der Waals surface area contributed by atoms with Crippen LogP contribution < -0.4 is 10.5 Å². The van der Waals surface area contributed by atoms with E-state index in [-0.39, 0.29) is 12.0 Å². The summed E-state index contributed by atoms with van der Waals surface area (Å²) in [7, 11) is 1.67. The van der Waals surface area contributed by atoms with Crippen LogP contribution >= 0.6 is 0 Å². The maximum Gasteiger partial charge on any atom is 0.122 e. The van der Waals surface area contributed by atoms with Gasteiger partial charge in [0, 0.05) is 12.5 Å². The maximum atomic E-state index is 10.4. The quantitative estimate of drug-likeness (QED) is 0.841. The zero-order valence-electron chi connectivity index (χ0n) is 11.2. The number of nitrogens with two attached hydrogens (primary N) is 1. The molecule has 1 aromatic rings. The van der Waals surface area contributed by atoms with Gasteiger partial charge in [0.25, 0.3) is 0 Å². The van der Waals surface area contributed by atoms with Gasteiger partial charge in [-0.1, -0.05) is 18.6 Å². The molecule has 18 heavy (non-hydrogen) atoms. The van der Waals surface area contributed by atoms with Gasteiger partial charge in [-0.25, -0.2) is 0 Å². The molecule has 1 aromatic carbocycles. The van der Waals surface area contributed by atoms with Crippen LogP contribution in [0.2, 0.25) is 0 Å². The van der Waals surface area contributed by atoms with Gasteiger partial charge in [0.15, 0.2) is 0 Å². The van der Waals surface area contributed by atoms with Crippen LogP contribution in [0.4, 0.5) is 0 Å². The largest absolute Gasteiger partial charge is 0.496 e. The summed E-state index contributed by atoms with van der Waals surface area (Å²) in [6.45, 7) is 2.49. The second-order valence-corrected chi connectivity index (χ2v) is 5.25. The van der Waals surface area contributed by atoms with Crippen molar-refractivity contribution in [3.63, 3.8) is 0 Å². The average molecular weight is 249 g/mol. The minimum absolute atomic E-state index is 0.0183. The molecule has 2 atom stereocenters. The van der Waals surface area contributed by atoms with Crippen molar-refractivity contribution in [1.29, 1.82) is 0 Å². The molecule has 0 saturated heterocycles. The van der Waals surface area contributed by atoms with Gasteiger partial charge >= 0.3 is 0 Å². The van der Waals surface area contributed by atoms with Gasteiger partial charge in [0.1, 0.15) is 5.75 Å². The highest BCUT2D eigenvalue weighted by atomic mass is 16.5. The van der Waals surface area contributed by atoms with Gasteiger partial charge in [-0.15, -0.1) is 0 Å². The van der Waals surface area contributed by atoms with E-state index in [9.17, 15) is 5.11 Å². The lowest BCUT2D eigenvalue weighted by molar-refractivity contribution is 0.0419. The first-order chi connectivity index (χ1) is 8.67. The first-order valence-electron chi connectivity index (χ1n) is 6.70. The Balaban J connectivity index is 2.20. The minimum atomic E-state index is -0.323. The molecule has 1 aliphatic carbocycles. The van der Waals surface area contributed by atoms with Crippen molar-refractivity contribution in [1.82, 2.24) is 0 Å². The standard InChI is InChI=1S/C15H23NO2/c1-10-6-7-12(8-14(10)18-2)13(9-16)15(17)11-4-3-5-11/h6-8,11,13,15,17H,3-5,9,16H2,1-2H3. The second-order valence-electron chi connectivity index (χ2n) is 5.25. The molecule has 0 radical (unpaired) electrons. The van der Waals surface area contributed by atoms with Gasteiger partial charge in [0.05, 0.1) is 13.2 Å². The fourth-order valence-electron chi connectivity index (χ4n) is 2.65. The maximum absolute atomic E-state index is 10.4. The summed E-state index contributed by atoms with van der Waals surface area (Å²) >= 11 is 0. The Morgan fingerprint density at radius 1 is 1.44 bits per heavy atom. The molecule has 0 heterocycles.